The fourth-order valence-corrected chi connectivity index (χ4v) is 4.34. The van der Waals surface area contributed by atoms with E-state index in [1.54, 1.807) is 24.3 Å². The van der Waals surface area contributed by atoms with E-state index in [4.69, 9.17) is 5.73 Å². The summed E-state index contributed by atoms with van der Waals surface area (Å²) in [6.07, 6.45) is 3.58. The Hall–Kier alpha value is -0.940. The molecule has 1 aliphatic heterocycles. The van der Waals surface area contributed by atoms with Gasteiger partial charge in [-0.15, -0.1) is 0 Å². The average Bonchev–Trinajstić information content (AvgIpc) is 2.40. The third kappa shape index (κ3) is 1.55. The van der Waals surface area contributed by atoms with E-state index in [0.29, 0.717) is 21.9 Å². The van der Waals surface area contributed by atoms with Crippen LogP contribution in [-0.2, 0) is 9.84 Å². The molecule has 15 heavy (non-hydrogen) atoms. The highest BCUT2D eigenvalue weighted by atomic mass is 32.2. The molecule has 0 saturated heterocycles. The van der Waals surface area contributed by atoms with Gasteiger partial charge in [0.2, 0.25) is 9.84 Å². The lowest BCUT2D eigenvalue weighted by atomic mass is 10.2. The predicted octanol–water partition coefficient (Wildman–Crippen LogP) is 1.76. The van der Waals surface area contributed by atoms with Gasteiger partial charge in [-0.1, -0.05) is 12.1 Å². The van der Waals surface area contributed by atoms with Crippen molar-refractivity contribution in [1.29, 1.82) is 0 Å². The molecule has 2 rings (SSSR count). The molecule has 0 amide bonds. The van der Waals surface area contributed by atoms with Crippen LogP contribution in [0.15, 0.2) is 28.0 Å². The van der Waals surface area contributed by atoms with E-state index in [1.807, 2.05) is 6.26 Å². The molecule has 0 saturated carbocycles. The summed E-state index contributed by atoms with van der Waals surface area (Å²) in [5.41, 5.74) is 6.73. The minimum Gasteiger partial charge on any atom is -0.398 e. The molecule has 0 atom stereocenters. The Balaban J connectivity index is 2.64. The number of hydrogen-bond acceptors (Lipinski definition) is 4. The highest BCUT2D eigenvalue weighted by Gasteiger charge is 2.30. The van der Waals surface area contributed by atoms with Gasteiger partial charge in [-0.2, -0.15) is 11.8 Å². The van der Waals surface area contributed by atoms with E-state index in [1.165, 1.54) is 11.8 Å². The largest absolute Gasteiger partial charge is 0.398 e. The van der Waals surface area contributed by atoms with Gasteiger partial charge in [-0.25, -0.2) is 8.42 Å². The molecule has 0 bridgehead atoms. The topological polar surface area (TPSA) is 60.2 Å². The van der Waals surface area contributed by atoms with Crippen LogP contribution in [0.25, 0.3) is 6.08 Å². The lowest BCUT2D eigenvalue weighted by Gasteiger charge is -2.04. The van der Waals surface area contributed by atoms with Crippen molar-refractivity contribution in [2.45, 2.75) is 4.90 Å². The van der Waals surface area contributed by atoms with Gasteiger partial charge in [-0.3, -0.25) is 0 Å². The van der Waals surface area contributed by atoms with Gasteiger partial charge in [0.15, 0.2) is 0 Å². The molecule has 1 heterocycles. The third-order valence-corrected chi connectivity index (χ3v) is 5.04. The van der Waals surface area contributed by atoms with E-state index < -0.39 is 9.84 Å². The molecule has 0 fully saturated rings. The maximum Gasteiger partial charge on any atom is 0.206 e. The van der Waals surface area contributed by atoms with Gasteiger partial charge >= 0.3 is 0 Å². The van der Waals surface area contributed by atoms with Gasteiger partial charge in [-0.05, 0) is 24.0 Å². The molecule has 0 aliphatic carbocycles. The molecule has 0 aromatic heterocycles. The molecule has 5 heteroatoms. The van der Waals surface area contributed by atoms with Crippen molar-refractivity contribution in [3.05, 3.63) is 28.7 Å². The highest BCUT2D eigenvalue weighted by Crippen LogP contribution is 2.37. The molecular weight excluding hydrogens is 230 g/mol. The van der Waals surface area contributed by atoms with Gasteiger partial charge in [0.05, 0.1) is 10.6 Å². The van der Waals surface area contributed by atoms with E-state index in [9.17, 15) is 8.42 Å². The summed E-state index contributed by atoms with van der Waals surface area (Å²) in [6, 6.07) is 5.16. The molecular formula is C10H11NO2S2. The molecule has 1 aliphatic rings. The van der Waals surface area contributed by atoms with Crippen molar-refractivity contribution in [1.82, 2.24) is 0 Å². The number of anilines is 1. The van der Waals surface area contributed by atoms with Crippen molar-refractivity contribution in [3.63, 3.8) is 0 Å². The molecule has 1 aromatic carbocycles. The van der Waals surface area contributed by atoms with Gasteiger partial charge < -0.3 is 5.73 Å². The van der Waals surface area contributed by atoms with Crippen LogP contribution in [0.4, 0.5) is 5.69 Å². The van der Waals surface area contributed by atoms with Crippen molar-refractivity contribution < 1.29 is 8.42 Å². The molecule has 3 nitrogen and oxygen atoms in total. The number of nitrogen functional groups attached to an aromatic ring is 1. The summed E-state index contributed by atoms with van der Waals surface area (Å²) >= 11 is 1.49. The molecule has 0 radical (unpaired) electrons. The van der Waals surface area contributed by atoms with Crippen LogP contribution in [0, 0.1) is 0 Å². The number of fused-ring (bicyclic) bond motifs is 1. The Morgan fingerprint density at radius 2 is 2.13 bits per heavy atom. The monoisotopic (exact) mass is 241 g/mol. The number of rotatable bonds is 2. The Morgan fingerprint density at radius 1 is 1.40 bits per heavy atom. The van der Waals surface area contributed by atoms with Crippen molar-refractivity contribution in [2.75, 3.05) is 17.7 Å². The molecule has 2 N–H and O–H groups in total. The fraction of sp³-hybridized carbons (Fsp3) is 0.200. The zero-order chi connectivity index (χ0) is 11.1. The SMILES string of the molecule is CSCC1=Cc2cccc(N)c2S1(=O)=O. The standard InChI is InChI=1S/C10H11NO2S2/c1-14-6-8-5-7-3-2-4-9(11)10(7)15(8,12)13/h2-5H,6,11H2,1H3. The van der Waals surface area contributed by atoms with Gasteiger partial charge in [0, 0.05) is 5.75 Å². The Kier molecular flexibility index (Phi) is 2.52. The van der Waals surface area contributed by atoms with Crippen LogP contribution in [0.1, 0.15) is 5.56 Å². The molecule has 0 unspecified atom stereocenters. The van der Waals surface area contributed by atoms with Crippen LogP contribution in [0.2, 0.25) is 0 Å². The molecule has 1 aromatic rings. The first-order valence-corrected chi connectivity index (χ1v) is 7.28. The molecule has 0 spiro atoms. The van der Waals surface area contributed by atoms with Crippen molar-refractivity contribution >= 4 is 33.4 Å². The van der Waals surface area contributed by atoms with Crippen LogP contribution in [-0.4, -0.2) is 20.4 Å². The smallest absolute Gasteiger partial charge is 0.206 e. The summed E-state index contributed by atoms with van der Waals surface area (Å²) in [5.74, 6) is 0.496. The summed E-state index contributed by atoms with van der Waals surface area (Å²) in [4.78, 5) is 0.719. The van der Waals surface area contributed by atoms with Crippen molar-refractivity contribution in [3.8, 4) is 0 Å². The zero-order valence-corrected chi connectivity index (χ0v) is 9.86. The first-order chi connectivity index (χ1) is 7.07. The number of benzene rings is 1. The quantitative estimate of drug-likeness (QED) is 0.801. The minimum absolute atomic E-state index is 0.272. The van der Waals surface area contributed by atoms with Gasteiger partial charge in [0.1, 0.15) is 4.90 Å². The average molecular weight is 241 g/mol. The van der Waals surface area contributed by atoms with Crippen LogP contribution in [0.5, 0.6) is 0 Å². The second kappa shape index (κ2) is 3.57. The van der Waals surface area contributed by atoms with Crippen LogP contribution < -0.4 is 5.73 Å². The van der Waals surface area contributed by atoms with E-state index in [-0.39, 0.29) is 4.90 Å². The first kappa shape index (κ1) is 10.6. The number of hydrogen-bond donors (Lipinski definition) is 1. The summed E-state index contributed by atoms with van der Waals surface area (Å²) in [5, 5.41) is 0. The second-order valence-corrected chi connectivity index (χ2v) is 6.12. The third-order valence-electron chi connectivity index (χ3n) is 2.29. The Labute approximate surface area is 93.3 Å². The lowest BCUT2D eigenvalue weighted by Crippen LogP contribution is -2.05. The van der Waals surface area contributed by atoms with E-state index in [0.717, 1.165) is 0 Å². The second-order valence-electron chi connectivity index (χ2n) is 3.31. The Morgan fingerprint density at radius 3 is 2.73 bits per heavy atom. The maximum atomic E-state index is 12.0. The van der Waals surface area contributed by atoms with E-state index >= 15 is 0 Å². The van der Waals surface area contributed by atoms with Crippen molar-refractivity contribution in [2.24, 2.45) is 0 Å². The summed E-state index contributed by atoms with van der Waals surface area (Å²) < 4.78 is 24.1. The first-order valence-electron chi connectivity index (χ1n) is 4.40. The predicted molar refractivity (Wildman–Crippen MR) is 64.4 cm³/mol. The molecule has 80 valence electrons. The lowest BCUT2D eigenvalue weighted by molar-refractivity contribution is 0.603. The Bertz CT molecular complexity index is 532. The fourth-order valence-electron chi connectivity index (χ4n) is 1.64. The minimum atomic E-state index is -3.32. The normalized spacial score (nSPS) is 17.3. The highest BCUT2D eigenvalue weighted by molar-refractivity contribution is 8.02. The maximum absolute atomic E-state index is 12.0. The van der Waals surface area contributed by atoms with E-state index in [2.05, 4.69) is 0 Å². The zero-order valence-electron chi connectivity index (χ0n) is 8.23. The van der Waals surface area contributed by atoms with Crippen LogP contribution >= 0.6 is 11.8 Å². The number of nitrogens with two attached hydrogens (primary N) is 1. The number of thioether (sulfide) groups is 1. The summed E-state index contributed by atoms with van der Waals surface area (Å²) in [6.45, 7) is 0. The number of sulfone groups is 1. The summed E-state index contributed by atoms with van der Waals surface area (Å²) in [7, 11) is -3.32. The van der Waals surface area contributed by atoms with Gasteiger partial charge in [0.25, 0.3) is 0 Å². The van der Waals surface area contributed by atoms with Crippen LogP contribution in [0.3, 0.4) is 0 Å².